The van der Waals surface area contributed by atoms with Crippen LogP contribution < -0.4 is 0 Å². The lowest BCUT2D eigenvalue weighted by Gasteiger charge is -2.39. The van der Waals surface area contributed by atoms with Crippen LogP contribution in [0, 0.1) is 0 Å². The van der Waals surface area contributed by atoms with E-state index in [1.807, 2.05) is 60.7 Å². The molecule has 0 radical (unpaired) electrons. The fraction of sp³-hybridized carbons (Fsp3) is 0.391. The number of carbonyl (C=O) groups is 2. The average Bonchev–Trinajstić information content (AvgIpc) is 2.72. The zero-order valence-electron chi connectivity index (χ0n) is 16.4. The molecule has 0 aliphatic carbocycles. The molecule has 0 saturated carbocycles. The van der Waals surface area contributed by atoms with Crippen molar-refractivity contribution in [1.82, 2.24) is 9.80 Å². The molecule has 2 aromatic rings. The van der Waals surface area contributed by atoms with E-state index in [2.05, 4.69) is 0 Å². The molecule has 2 amide bonds. The van der Waals surface area contributed by atoms with E-state index < -0.39 is 6.04 Å². The van der Waals surface area contributed by atoms with Crippen LogP contribution in [0.2, 0.25) is 0 Å². The Hall–Kier alpha value is -2.66. The molecule has 0 unspecified atom stereocenters. The van der Waals surface area contributed by atoms with Crippen molar-refractivity contribution in [3.05, 3.63) is 71.8 Å². The summed E-state index contributed by atoms with van der Waals surface area (Å²) in [4.78, 5) is 28.5. The summed E-state index contributed by atoms with van der Waals surface area (Å²) in [6.45, 7) is 2.00. The molecule has 3 rings (SSSR count). The van der Waals surface area contributed by atoms with E-state index in [0.717, 1.165) is 24.0 Å². The molecule has 1 aliphatic heterocycles. The molecule has 1 aliphatic rings. The zero-order valence-corrected chi connectivity index (χ0v) is 16.4. The maximum absolute atomic E-state index is 12.7. The SMILES string of the molecule is CN1CC(=O)N(CCCCOCc2ccccc2)[C@H](Cc2ccccc2)C1=O. The highest BCUT2D eigenvalue weighted by Crippen LogP contribution is 2.17. The number of nitrogens with zero attached hydrogens (tertiary/aromatic N) is 2. The van der Waals surface area contributed by atoms with Crippen LogP contribution in [0.15, 0.2) is 60.7 Å². The number of benzene rings is 2. The molecule has 1 fully saturated rings. The second-order valence-corrected chi connectivity index (χ2v) is 7.23. The number of likely N-dealkylation sites (N-methyl/N-ethyl adjacent to an activating group) is 1. The maximum atomic E-state index is 12.7. The summed E-state index contributed by atoms with van der Waals surface area (Å²) < 4.78 is 5.72. The van der Waals surface area contributed by atoms with Crippen molar-refractivity contribution in [2.45, 2.75) is 31.9 Å². The minimum atomic E-state index is -0.418. The van der Waals surface area contributed by atoms with E-state index in [1.54, 1.807) is 11.9 Å². The van der Waals surface area contributed by atoms with Crippen LogP contribution in [-0.4, -0.2) is 54.4 Å². The Labute approximate surface area is 166 Å². The molecule has 0 aromatic heterocycles. The van der Waals surface area contributed by atoms with Gasteiger partial charge in [0.2, 0.25) is 11.8 Å². The second-order valence-electron chi connectivity index (χ2n) is 7.23. The van der Waals surface area contributed by atoms with Crippen molar-refractivity contribution in [2.24, 2.45) is 0 Å². The molecule has 5 heteroatoms. The van der Waals surface area contributed by atoms with E-state index in [-0.39, 0.29) is 18.4 Å². The van der Waals surface area contributed by atoms with Crippen molar-refractivity contribution in [3.8, 4) is 0 Å². The molecule has 5 nitrogen and oxygen atoms in total. The molecule has 148 valence electrons. The summed E-state index contributed by atoms with van der Waals surface area (Å²) in [7, 11) is 1.70. The first-order chi connectivity index (χ1) is 13.6. The number of hydrogen-bond acceptors (Lipinski definition) is 3. The standard InChI is InChI=1S/C23H28N2O3/c1-24-17-22(26)25(21(23(24)27)16-19-10-4-2-5-11-19)14-8-9-15-28-18-20-12-6-3-7-13-20/h2-7,10-13,21H,8-9,14-18H2,1H3/t21-/m1/s1. The lowest BCUT2D eigenvalue weighted by atomic mass is 10.0. The molecule has 0 bridgehead atoms. The molecular formula is C23H28N2O3. The normalized spacial score (nSPS) is 17.2. The fourth-order valence-corrected chi connectivity index (χ4v) is 3.50. The van der Waals surface area contributed by atoms with Crippen molar-refractivity contribution in [3.63, 3.8) is 0 Å². The number of piperazine rings is 1. The van der Waals surface area contributed by atoms with Gasteiger partial charge in [0.15, 0.2) is 0 Å². The van der Waals surface area contributed by atoms with Gasteiger partial charge in [-0.05, 0) is 24.0 Å². The first-order valence-corrected chi connectivity index (χ1v) is 9.85. The van der Waals surface area contributed by atoms with Crippen molar-refractivity contribution in [2.75, 3.05) is 26.7 Å². The number of ether oxygens (including phenoxy) is 1. The van der Waals surface area contributed by atoms with Gasteiger partial charge in [0.05, 0.1) is 13.2 Å². The Morgan fingerprint density at radius 2 is 1.57 bits per heavy atom. The van der Waals surface area contributed by atoms with Crippen LogP contribution in [0.25, 0.3) is 0 Å². The second kappa shape index (κ2) is 10.0. The molecule has 1 saturated heterocycles. The first-order valence-electron chi connectivity index (χ1n) is 9.85. The van der Waals surface area contributed by atoms with Gasteiger partial charge in [-0.15, -0.1) is 0 Å². The van der Waals surface area contributed by atoms with E-state index in [0.29, 0.717) is 26.2 Å². The molecule has 28 heavy (non-hydrogen) atoms. The Morgan fingerprint density at radius 1 is 0.929 bits per heavy atom. The molecule has 2 aromatic carbocycles. The largest absolute Gasteiger partial charge is 0.377 e. The first kappa shape index (κ1) is 20.1. The topological polar surface area (TPSA) is 49.9 Å². The Morgan fingerprint density at radius 3 is 2.25 bits per heavy atom. The fourth-order valence-electron chi connectivity index (χ4n) is 3.50. The summed E-state index contributed by atoms with van der Waals surface area (Å²) in [6.07, 6.45) is 2.24. The van der Waals surface area contributed by atoms with E-state index in [4.69, 9.17) is 4.74 Å². The summed E-state index contributed by atoms with van der Waals surface area (Å²) >= 11 is 0. The van der Waals surface area contributed by atoms with Gasteiger partial charge in [-0.3, -0.25) is 9.59 Å². The van der Waals surface area contributed by atoms with E-state index >= 15 is 0 Å². The van der Waals surface area contributed by atoms with Gasteiger partial charge in [-0.2, -0.15) is 0 Å². The van der Waals surface area contributed by atoms with Crippen LogP contribution in [0.3, 0.4) is 0 Å². The lowest BCUT2D eigenvalue weighted by Crippen LogP contribution is -2.59. The Kier molecular flexibility index (Phi) is 7.20. The van der Waals surface area contributed by atoms with Crippen molar-refractivity contribution in [1.29, 1.82) is 0 Å². The molecule has 0 N–H and O–H groups in total. The van der Waals surface area contributed by atoms with Crippen molar-refractivity contribution >= 4 is 11.8 Å². The predicted octanol–water partition coefficient (Wildman–Crippen LogP) is 2.90. The van der Waals surface area contributed by atoms with Gasteiger partial charge < -0.3 is 14.5 Å². The number of hydrogen-bond donors (Lipinski definition) is 0. The molecular weight excluding hydrogens is 352 g/mol. The lowest BCUT2D eigenvalue weighted by molar-refractivity contribution is -0.154. The minimum absolute atomic E-state index is 0.0174. The van der Waals surface area contributed by atoms with Crippen LogP contribution in [-0.2, 0) is 27.4 Å². The number of unbranched alkanes of at least 4 members (excludes halogenated alkanes) is 1. The van der Waals surface area contributed by atoms with Crippen LogP contribution in [0.1, 0.15) is 24.0 Å². The Bertz CT molecular complexity index is 764. The highest BCUT2D eigenvalue weighted by molar-refractivity contribution is 5.94. The molecule has 1 heterocycles. The summed E-state index contributed by atoms with van der Waals surface area (Å²) in [6, 6.07) is 19.5. The van der Waals surface area contributed by atoms with E-state index in [1.165, 1.54) is 4.90 Å². The average molecular weight is 380 g/mol. The summed E-state index contributed by atoms with van der Waals surface area (Å²) in [5.41, 5.74) is 2.23. The number of carbonyl (C=O) groups excluding carboxylic acids is 2. The zero-order chi connectivity index (χ0) is 19.8. The Balaban J connectivity index is 1.49. The highest BCUT2D eigenvalue weighted by Gasteiger charge is 2.37. The smallest absolute Gasteiger partial charge is 0.245 e. The van der Waals surface area contributed by atoms with Gasteiger partial charge in [-0.1, -0.05) is 60.7 Å². The highest BCUT2D eigenvalue weighted by atomic mass is 16.5. The van der Waals surface area contributed by atoms with Gasteiger partial charge >= 0.3 is 0 Å². The predicted molar refractivity (Wildman–Crippen MR) is 109 cm³/mol. The van der Waals surface area contributed by atoms with Crippen LogP contribution >= 0.6 is 0 Å². The monoisotopic (exact) mass is 380 g/mol. The third kappa shape index (κ3) is 5.42. The van der Waals surface area contributed by atoms with Gasteiger partial charge in [0.1, 0.15) is 6.04 Å². The third-order valence-corrected chi connectivity index (χ3v) is 5.05. The summed E-state index contributed by atoms with van der Waals surface area (Å²) in [5, 5.41) is 0. The minimum Gasteiger partial charge on any atom is -0.377 e. The third-order valence-electron chi connectivity index (χ3n) is 5.05. The summed E-state index contributed by atoms with van der Waals surface area (Å²) in [5.74, 6) is 0.0389. The van der Waals surface area contributed by atoms with Crippen LogP contribution in [0.5, 0.6) is 0 Å². The van der Waals surface area contributed by atoms with Crippen molar-refractivity contribution < 1.29 is 14.3 Å². The van der Waals surface area contributed by atoms with E-state index in [9.17, 15) is 9.59 Å². The number of rotatable bonds is 9. The quantitative estimate of drug-likeness (QED) is 0.629. The number of amides is 2. The van der Waals surface area contributed by atoms with Crippen LogP contribution in [0.4, 0.5) is 0 Å². The van der Waals surface area contributed by atoms with Gasteiger partial charge in [0.25, 0.3) is 0 Å². The molecule has 1 atom stereocenters. The maximum Gasteiger partial charge on any atom is 0.245 e. The van der Waals surface area contributed by atoms with Gasteiger partial charge in [-0.25, -0.2) is 0 Å². The van der Waals surface area contributed by atoms with Gasteiger partial charge in [0, 0.05) is 26.6 Å². The molecule has 0 spiro atoms.